The lowest BCUT2D eigenvalue weighted by Gasteiger charge is -2.32. The third kappa shape index (κ3) is 5.18. The molecule has 0 aromatic heterocycles. The van der Waals surface area contributed by atoms with E-state index in [4.69, 9.17) is 0 Å². The van der Waals surface area contributed by atoms with Crippen molar-refractivity contribution < 1.29 is 22.8 Å². The lowest BCUT2D eigenvalue weighted by Crippen LogP contribution is -2.45. The van der Waals surface area contributed by atoms with Gasteiger partial charge >= 0.3 is 6.18 Å². The minimum Gasteiger partial charge on any atom is -0.355 e. The zero-order valence-electron chi connectivity index (χ0n) is 18.1. The summed E-state index contributed by atoms with van der Waals surface area (Å²) >= 11 is 0. The molecular weight excluding hydrogens is 429 g/mol. The van der Waals surface area contributed by atoms with Crippen LogP contribution in [0.1, 0.15) is 34.3 Å². The molecule has 1 aliphatic rings. The molecule has 4 rings (SSSR count). The number of likely N-dealkylation sites (tertiary alicyclic amines) is 1. The Morgan fingerprint density at radius 3 is 2.52 bits per heavy atom. The average molecular weight is 454 g/mol. The van der Waals surface area contributed by atoms with Gasteiger partial charge in [0, 0.05) is 25.2 Å². The van der Waals surface area contributed by atoms with Crippen LogP contribution in [0.2, 0.25) is 0 Å². The Morgan fingerprint density at radius 2 is 1.70 bits per heavy atom. The third-order valence-corrected chi connectivity index (χ3v) is 6.12. The number of nitrogens with one attached hydrogen (secondary N) is 1. The second-order valence-corrected chi connectivity index (χ2v) is 8.31. The molecule has 0 aliphatic carbocycles. The van der Waals surface area contributed by atoms with Gasteiger partial charge in [-0.2, -0.15) is 13.2 Å². The number of hydrogen-bond acceptors (Lipinski definition) is 2. The van der Waals surface area contributed by atoms with Gasteiger partial charge in [0.05, 0.1) is 11.5 Å². The highest BCUT2D eigenvalue weighted by atomic mass is 19.4. The molecule has 0 spiro atoms. The topological polar surface area (TPSA) is 49.4 Å². The molecule has 33 heavy (non-hydrogen) atoms. The van der Waals surface area contributed by atoms with E-state index in [2.05, 4.69) is 5.32 Å². The molecular formula is C26H25F3N2O2. The fourth-order valence-corrected chi connectivity index (χ4v) is 4.44. The lowest BCUT2D eigenvalue weighted by molar-refractivity contribution is -0.138. The number of alkyl halides is 3. The van der Waals surface area contributed by atoms with Gasteiger partial charge in [0.1, 0.15) is 0 Å². The lowest BCUT2D eigenvalue weighted by atomic mass is 9.95. The number of piperidine rings is 1. The minimum atomic E-state index is -4.42. The molecule has 3 aromatic carbocycles. The second kappa shape index (κ2) is 9.65. The van der Waals surface area contributed by atoms with Crippen molar-refractivity contribution in [3.05, 3.63) is 83.4 Å². The van der Waals surface area contributed by atoms with Crippen LogP contribution in [0.25, 0.3) is 10.8 Å². The van der Waals surface area contributed by atoms with Crippen LogP contribution < -0.4 is 5.32 Å². The Labute approximate surface area is 190 Å². The van der Waals surface area contributed by atoms with E-state index in [1.807, 2.05) is 36.4 Å². The van der Waals surface area contributed by atoms with Gasteiger partial charge in [-0.05, 0) is 47.7 Å². The molecule has 1 unspecified atom stereocenters. The van der Waals surface area contributed by atoms with Crippen molar-refractivity contribution in [2.75, 3.05) is 19.6 Å². The number of fused-ring (bicyclic) bond motifs is 1. The van der Waals surface area contributed by atoms with Crippen molar-refractivity contribution in [2.45, 2.75) is 25.4 Å². The molecule has 1 fully saturated rings. The molecule has 172 valence electrons. The van der Waals surface area contributed by atoms with E-state index >= 15 is 0 Å². The molecule has 2 amide bonds. The summed E-state index contributed by atoms with van der Waals surface area (Å²) in [5.41, 5.74) is 0.0865. The van der Waals surface area contributed by atoms with Crippen LogP contribution in [0.5, 0.6) is 0 Å². The summed E-state index contributed by atoms with van der Waals surface area (Å²) < 4.78 is 39.5. The Kier molecular flexibility index (Phi) is 6.67. The van der Waals surface area contributed by atoms with Crippen molar-refractivity contribution >= 4 is 22.6 Å². The zero-order valence-corrected chi connectivity index (χ0v) is 18.1. The third-order valence-electron chi connectivity index (χ3n) is 6.12. The van der Waals surface area contributed by atoms with Gasteiger partial charge in [-0.1, -0.05) is 54.6 Å². The molecule has 1 atom stereocenters. The van der Waals surface area contributed by atoms with Gasteiger partial charge in [-0.25, -0.2) is 0 Å². The maximum atomic E-state index is 13.2. The van der Waals surface area contributed by atoms with Crippen molar-refractivity contribution in [1.82, 2.24) is 10.2 Å². The molecule has 1 aliphatic heterocycles. The maximum absolute atomic E-state index is 13.2. The first kappa shape index (κ1) is 22.8. The van der Waals surface area contributed by atoms with E-state index in [9.17, 15) is 22.8 Å². The number of rotatable bonds is 5. The number of carbonyl (C=O) groups excluding carboxylic acids is 2. The SMILES string of the molecule is O=C(NCCc1ccccc1C(F)(F)F)C1CCCN(C(=O)c2cccc3ccccc23)C1. The Bertz CT molecular complexity index is 1150. The summed E-state index contributed by atoms with van der Waals surface area (Å²) in [7, 11) is 0. The normalized spacial score (nSPS) is 16.6. The largest absolute Gasteiger partial charge is 0.416 e. The smallest absolute Gasteiger partial charge is 0.355 e. The molecule has 1 saturated heterocycles. The Hall–Kier alpha value is -3.35. The average Bonchev–Trinajstić information content (AvgIpc) is 2.83. The second-order valence-electron chi connectivity index (χ2n) is 8.31. The highest BCUT2D eigenvalue weighted by Gasteiger charge is 2.33. The van der Waals surface area contributed by atoms with Crippen molar-refractivity contribution in [3.63, 3.8) is 0 Å². The monoisotopic (exact) mass is 454 g/mol. The number of benzene rings is 3. The fraction of sp³-hybridized carbons (Fsp3) is 0.308. The highest BCUT2D eigenvalue weighted by Crippen LogP contribution is 2.32. The van der Waals surface area contributed by atoms with Crippen LogP contribution in [0.15, 0.2) is 66.7 Å². The first-order valence-electron chi connectivity index (χ1n) is 11.0. The number of carbonyl (C=O) groups is 2. The molecule has 1 heterocycles. The van der Waals surface area contributed by atoms with E-state index in [1.54, 1.807) is 17.0 Å². The molecule has 3 aromatic rings. The van der Waals surface area contributed by atoms with E-state index in [-0.39, 0.29) is 36.3 Å². The van der Waals surface area contributed by atoms with Crippen molar-refractivity contribution in [2.24, 2.45) is 5.92 Å². The quantitative estimate of drug-likeness (QED) is 0.585. The molecule has 0 radical (unpaired) electrons. The number of nitrogens with zero attached hydrogens (tertiary/aromatic N) is 1. The number of hydrogen-bond donors (Lipinski definition) is 1. The summed E-state index contributed by atoms with van der Waals surface area (Å²) in [4.78, 5) is 27.6. The Morgan fingerprint density at radius 1 is 0.970 bits per heavy atom. The predicted octanol–water partition coefficient (Wildman–Crippen LogP) is 5.07. The van der Waals surface area contributed by atoms with Gasteiger partial charge in [-0.3, -0.25) is 9.59 Å². The van der Waals surface area contributed by atoms with Crippen molar-refractivity contribution in [3.8, 4) is 0 Å². The van der Waals surface area contributed by atoms with Gasteiger partial charge in [0.25, 0.3) is 5.91 Å². The summed E-state index contributed by atoms with van der Waals surface area (Å²) in [6.07, 6.45) is -2.99. The van der Waals surface area contributed by atoms with E-state index < -0.39 is 11.7 Å². The van der Waals surface area contributed by atoms with E-state index in [1.165, 1.54) is 12.1 Å². The van der Waals surface area contributed by atoms with Crippen LogP contribution in [-0.2, 0) is 17.4 Å². The fourth-order valence-electron chi connectivity index (χ4n) is 4.44. The number of amides is 2. The summed E-state index contributed by atoms with van der Waals surface area (Å²) in [6.45, 7) is 0.984. The summed E-state index contributed by atoms with van der Waals surface area (Å²) in [5, 5.41) is 4.62. The van der Waals surface area contributed by atoms with Crippen molar-refractivity contribution in [1.29, 1.82) is 0 Å². The van der Waals surface area contributed by atoms with Gasteiger partial charge in [0.2, 0.25) is 5.91 Å². The first-order chi connectivity index (χ1) is 15.8. The predicted molar refractivity (Wildman–Crippen MR) is 121 cm³/mol. The maximum Gasteiger partial charge on any atom is 0.416 e. The van der Waals surface area contributed by atoms with E-state index in [0.29, 0.717) is 31.5 Å². The van der Waals surface area contributed by atoms with Gasteiger partial charge < -0.3 is 10.2 Å². The zero-order chi connectivity index (χ0) is 23.4. The minimum absolute atomic E-state index is 0.0901. The molecule has 0 saturated carbocycles. The highest BCUT2D eigenvalue weighted by molar-refractivity contribution is 6.07. The Balaban J connectivity index is 1.38. The van der Waals surface area contributed by atoms with Gasteiger partial charge in [-0.15, -0.1) is 0 Å². The standard InChI is InChI=1S/C26H25F3N2O2/c27-26(28,29)23-13-4-2-8-19(23)14-15-30-24(32)20-10-6-16-31(17-20)25(33)22-12-5-9-18-7-1-3-11-21(18)22/h1-5,7-9,11-13,20H,6,10,14-17H2,(H,30,32). The summed E-state index contributed by atoms with van der Waals surface area (Å²) in [5.74, 6) is -0.714. The molecule has 7 heteroatoms. The summed E-state index contributed by atoms with van der Waals surface area (Å²) in [6, 6.07) is 18.7. The van der Waals surface area contributed by atoms with Crippen LogP contribution in [-0.4, -0.2) is 36.3 Å². The number of halogens is 3. The van der Waals surface area contributed by atoms with Crippen LogP contribution in [0.3, 0.4) is 0 Å². The molecule has 1 N–H and O–H groups in total. The molecule has 0 bridgehead atoms. The van der Waals surface area contributed by atoms with Crippen LogP contribution in [0.4, 0.5) is 13.2 Å². The molecule has 4 nitrogen and oxygen atoms in total. The van der Waals surface area contributed by atoms with E-state index in [0.717, 1.165) is 16.8 Å². The first-order valence-corrected chi connectivity index (χ1v) is 11.0. The van der Waals surface area contributed by atoms with Gasteiger partial charge in [0.15, 0.2) is 0 Å². The van der Waals surface area contributed by atoms with Crippen LogP contribution >= 0.6 is 0 Å². The van der Waals surface area contributed by atoms with Crippen LogP contribution in [0, 0.1) is 5.92 Å².